The van der Waals surface area contributed by atoms with E-state index in [4.69, 9.17) is 14.7 Å². The van der Waals surface area contributed by atoms with Gasteiger partial charge in [0.25, 0.3) is 0 Å². The van der Waals surface area contributed by atoms with Crippen molar-refractivity contribution in [3.05, 3.63) is 65.9 Å². The molecule has 13 nitrogen and oxygen atoms in total. The Morgan fingerprint density at radius 1 is 1.19 bits per heavy atom. The van der Waals surface area contributed by atoms with E-state index in [9.17, 15) is 9.18 Å². The first-order valence-corrected chi connectivity index (χ1v) is 13.8. The van der Waals surface area contributed by atoms with Gasteiger partial charge in [0.2, 0.25) is 5.91 Å². The molecule has 4 atom stereocenters. The van der Waals surface area contributed by atoms with Crippen molar-refractivity contribution < 1.29 is 13.9 Å². The number of H-pyrrole nitrogens is 1. The minimum absolute atomic E-state index is 0.000991. The van der Waals surface area contributed by atoms with Gasteiger partial charge in [-0.2, -0.15) is 15.3 Å². The van der Waals surface area contributed by atoms with Gasteiger partial charge in [-0.05, 0) is 44.7 Å². The molecule has 0 radical (unpaired) electrons. The molecule has 1 amide bonds. The average molecular weight is 574 g/mol. The van der Waals surface area contributed by atoms with E-state index in [-0.39, 0.29) is 29.9 Å². The molecule has 0 bridgehead atoms. The summed E-state index contributed by atoms with van der Waals surface area (Å²) in [6.45, 7) is 3.84. The molecule has 0 saturated heterocycles. The highest BCUT2D eigenvalue weighted by Crippen LogP contribution is 2.38. The third-order valence-electron chi connectivity index (χ3n) is 7.77. The number of nitrogens with one attached hydrogen (secondary N) is 3. The Morgan fingerprint density at radius 2 is 2.05 bits per heavy atom. The third-order valence-corrected chi connectivity index (χ3v) is 7.77. The lowest BCUT2D eigenvalue weighted by atomic mass is 9.78. The van der Waals surface area contributed by atoms with Crippen molar-refractivity contribution >= 4 is 28.6 Å². The van der Waals surface area contributed by atoms with Gasteiger partial charge in [-0.1, -0.05) is 6.07 Å². The number of carbonyl (C=O) groups is 1. The minimum atomic E-state index is -0.436. The third kappa shape index (κ3) is 5.44. The quantitative estimate of drug-likeness (QED) is 0.252. The summed E-state index contributed by atoms with van der Waals surface area (Å²) in [6, 6.07) is 5.21. The number of aromatic amines is 1. The number of carbonyl (C=O) groups excluding carboxylic acids is 1. The molecule has 42 heavy (non-hydrogen) atoms. The van der Waals surface area contributed by atoms with Crippen LogP contribution in [0.5, 0.6) is 0 Å². The fourth-order valence-corrected chi connectivity index (χ4v) is 5.46. The van der Waals surface area contributed by atoms with Gasteiger partial charge in [-0.15, -0.1) is 0 Å². The molecule has 5 aromatic rings. The van der Waals surface area contributed by atoms with Gasteiger partial charge in [0.1, 0.15) is 11.6 Å². The second-order valence-corrected chi connectivity index (χ2v) is 10.7. The summed E-state index contributed by atoms with van der Waals surface area (Å²) >= 11 is 0. The topological polar surface area (TPSA) is 153 Å². The number of fused-ring (bicyclic) bond motifs is 1. The molecule has 5 aromatic heterocycles. The van der Waals surface area contributed by atoms with Gasteiger partial charge < -0.3 is 15.4 Å². The van der Waals surface area contributed by atoms with E-state index in [1.54, 1.807) is 30.3 Å². The summed E-state index contributed by atoms with van der Waals surface area (Å²) in [4.78, 5) is 27.5. The van der Waals surface area contributed by atoms with Gasteiger partial charge >= 0.3 is 0 Å². The maximum atomic E-state index is 13.4. The van der Waals surface area contributed by atoms with E-state index < -0.39 is 5.82 Å². The Kier molecular flexibility index (Phi) is 7.37. The van der Waals surface area contributed by atoms with Gasteiger partial charge in [0.15, 0.2) is 23.1 Å². The monoisotopic (exact) mass is 573 g/mol. The number of nitrogens with zero attached hydrogens (tertiary/aromatic N) is 8. The summed E-state index contributed by atoms with van der Waals surface area (Å²) in [5.74, 6) is 1.63. The number of rotatable bonds is 8. The van der Waals surface area contributed by atoms with Crippen molar-refractivity contribution in [3.8, 4) is 5.82 Å². The molecule has 218 valence electrons. The molecule has 3 N–H and O–H groups in total. The molecule has 1 saturated carbocycles. The minimum Gasteiger partial charge on any atom is -0.381 e. The fourth-order valence-electron chi connectivity index (χ4n) is 5.46. The first-order chi connectivity index (χ1) is 20.3. The Morgan fingerprint density at radius 3 is 2.74 bits per heavy atom. The van der Waals surface area contributed by atoms with Gasteiger partial charge in [0.05, 0.1) is 42.0 Å². The van der Waals surface area contributed by atoms with E-state index in [0.717, 1.165) is 34.9 Å². The summed E-state index contributed by atoms with van der Waals surface area (Å²) in [5, 5.41) is 22.7. The molecule has 1 fully saturated rings. The van der Waals surface area contributed by atoms with Crippen molar-refractivity contribution in [2.24, 2.45) is 13.0 Å². The van der Waals surface area contributed by atoms with Crippen molar-refractivity contribution in [2.75, 3.05) is 12.4 Å². The Bertz CT molecular complexity index is 1710. The molecule has 6 rings (SSSR count). The number of hydrogen-bond donors (Lipinski definition) is 3. The van der Waals surface area contributed by atoms with Crippen LogP contribution in [0, 0.1) is 18.7 Å². The highest BCUT2D eigenvalue weighted by Gasteiger charge is 2.37. The zero-order chi connectivity index (χ0) is 29.4. The number of ether oxygens (including phenoxy) is 1. The summed E-state index contributed by atoms with van der Waals surface area (Å²) in [7, 11) is 3.48. The van der Waals surface area contributed by atoms with Crippen LogP contribution in [-0.4, -0.2) is 63.8 Å². The number of aromatic nitrogens is 9. The number of halogens is 1. The number of methoxy groups -OCH3 is 1. The Labute approximate surface area is 240 Å². The summed E-state index contributed by atoms with van der Waals surface area (Å²) in [5.41, 5.74) is 2.48. The number of aryl methyl sites for hydroxylation is 2. The first-order valence-electron chi connectivity index (χ1n) is 13.8. The van der Waals surface area contributed by atoms with Crippen LogP contribution in [0.15, 0.2) is 43.0 Å². The smallest absolute Gasteiger partial charge is 0.226 e. The molecular formula is C28H32FN11O2. The Balaban J connectivity index is 1.15. The standard InChI is InChI=1S/C28H32FN11O2/c1-15-9-23(38-37-15)34-26-21-13-31-39(3)27(21)36-25(35-26)17-5-7-20(22(10-17)42-4)28(41)33-16(2)18-6-8-24(30-11-18)40-14-19(29)12-32-40/h6,8-9,11-14,16-17,20,22H,5,7,10H2,1-4H3,(H,33,41)(H2,34,35,36,37,38)/t16-,17-,20-,22-/m0/s1. The summed E-state index contributed by atoms with van der Waals surface area (Å²) in [6.07, 6.45) is 7.43. The van der Waals surface area contributed by atoms with E-state index in [0.29, 0.717) is 36.1 Å². The van der Waals surface area contributed by atoms with Gasteiger partial charge in [0, 0.05) is 38.0 Å². The van der Waals surface area contributed by atoms with E-state index in [1.807, 2.05) is 33.0 Å². The van der Waals surface area contributed by atoms with Crippen LogP contribution < -0.4 is 10.6 Å². The van der Waals surface area contributed by atoms with Crippen LogP contribution in [0.25, 0.3) is 16.9 Å². The molecule has 1 aliphatic rings. The first kappa shape index (κ1) is 27.4. The van der Waals surface area contributed by atoms with Crippen LogP contribution in [0.4, 0.5) is 16.0 Å². The Hall–Kier alpha value is -4.72. The fraction of sp³-hybridized carbons (Fsp3) is 0.393. The molecular weight excluding hydrogens is 541 g/mol. The van der Waals surface area contributed by atoms with Gasteiger partial charge in [-0.25, -0.2) is 24.0 Å². The highest BCUT2D eigenvalue weighted by atomic mass is 19.1. The second-order valence-electron chi connectivity index (χ2n) is 10.7. The SMILES string of the molecule is CO[C@H]1C[C@@H](c2nc(Nc3cc(C)[nH]n3)c3cnn(C)c3n2)CC[C@@H]1C(=O)N[C@@H](C)c1ccc(-n2cc(F)cn2)nc1. The maximum absolute atomic E-state index is 13.4. The summed E-state index contributed by atoms with van der Waals surface area (Å²) < 4.78 is 22.2. The lowest BCUT2D eigenvalue weighted by Crippen LogP contribution is -2.42. The van der Waals surface area contributed by atoms with E-state index >= 15 is 0 Å². The molecule has 14 heteroatoms. The van der Waals surface area contributed by atoms with Crippen LogP contribution >= 0.6 is 0 Å². The zero-order valence-electron chi connectivity index (χ0n) is 23.7. The van der Waals surface area contributed by atoms with Crippen molar-refractivity contribution in [3.63, 3.8) is 0 Å². The highest BCUT2D eigenvalue weighted by molar-refractivity contribution is 5.88. The largest absolute Gasteiger partial charge is 0.381 e. The number of hydrogen-bond acceptors (Lipinski definition) is 9. The molecule has 0 aliphatic heterocycles. The average Bonchev–Trinajstić information content (AvgIpc) is 3.72. The predicted octanol–water partition coefficient (Wildman–Crippen LogP) is 3.63. The molecule has 0 spiro atoms. The predicted molar refractivity (Wildman–Crippen MR) is 152 cm³/mol. The number of pyridine rings is 1. The van der Waals surface area contributed by atoms with Gasteiger partial charge in [-0.3, -0.25) is 14.6 Å². The maximum Gasteiger partial charge on any atom is 0.226 e. The molecule has 1 aliphatic carbocycles. The van der Waals surface area contributed by atoms with Crippen molar-refractivity contribution in [1.82, 2.24) is 50.0 Å². The van der Waals surface area contributed by atoms with Crippen LogP contribution in [0.3, 0.4) is 0 Å². The lowest BCUT2D eigenvalue weighted by molar-refractivity contribution is -0.132. The molecule has 5 heterocycles. The van der Waals surface area contributed by atoms with E-state index in [1.165, 1.54) is 10.9 Å². The molecule has 0 aromatic carbocycles. The number of anilines is 2. The van der Waals surface area contributed by atoms with Crippen LogP contribution in [0.2, 0.25) is 0 Å². The normalized spacial score (nSPS) is 19.6. The number of amides is 1. The second kappa shape index (κ2) is 11.3. The van der Waals surface area contributed by atoms with Crippen molar-refractivity contribution in [2.45, 2.75) is 51.2 Å². The van der Waals surface area contributed by atoms with Crippen LogP contribution in [0.1, 0.15) is 55.2 Å². The zero-order valence-corrected chi connectivity index (χ0v) is 23.7. The van der Waals surface area contributed by atoms with E-state index in [2.05, 4.69) is 36.0 Å². The molecule has 0 unspecified atom stereocenters. The lowest BCUT2D eigenvalue weighted by Gasteiger charge is -2.34. The van der Waals surface area contributed by atoms with Crippen molar-refractivity contribution in [1.29, 1.82) is 0 Å². The van der Waals surface area contributed by atoms with Crippen LogP contribution in [-0.2, 0) is 16.6 Å².